The minimum Gasteiger partial charge on any atom is -0.486 e. The highest BCUT2D eigenvalue weighted by Gasteiger charge is 2.20. The lowest BCUT2D eigenvalue weighted by molar-refractivity contribution is 0.0936. The predicted molar refractivity (Wildman–Crippen MR) is 146 cm³/mol. The number of nitrogens with zero attached hydrogens (tertiary/aromatic N) is 2. The van der Waals surface area contributed by atoms with Crippen LogP contribution < -0.4 is 10.1 Å². The molecular weight excluding hydrogens is 517 g/mol. The molecule has 1 aliphatic rings. The van der Waals surface area contributed by atoms with Crippen molar-refractivity contribution in [1.29, 1.82) is 0 Å². The number of ether oxygens (including phenoxy) is 2. The van der Waals surface area contributed by atoms with E-state index in [9.17, 15) is 4.79 Å². The second kappa shape index (κ2) is 12.8. The van der Waals surface area contributed by atoms with Crippen LogP contribution in [0.5, 0.6) is 5.75 Å². The molecule has 0 bridgehead atoms. The van der Waals surface area contributed by atoms with Crippen molar-refractivity contribution in [1.82, 2.24) is 14.9 Å². The van der Waals surface area contributed by atoms with Gasteiger partial charge in [0.2, 0.25) is 0 Å². The van der Waals surface area contributed by atoms with Crippen LogP contribution in [0.2, 0.25) is 10.0 Å². The highest BCUT2D eigenvalue weighted by atomic mass is 35.5. The number of amides is 1. The van der Waals surface area contributed by atoms with Gasteiger partial charge in [0.1, 0.15) is 17.4 Å². The standard InChI is InChI=1S/C27H31Cl2N3O3S/c1-18-23(27(33)30-9-11-34-2)15-25(32(18)10-8-19-6-4-3-5-7-19)24-17-36-26(31-24)16-35-22-13-20(28)12-21(29)14-22/h6,12-15,17H,3-5,7-11,16H2,1-2H3,(H,30,33). The average molecular weight is 549 g/mol. The molecule has 9 heteroatoms. The Hall–Kier alpha value is -2.32. The number of nitrogens with one attached hydrogen (secondary N) is 1. The number of carbonyl (C=O) groups excluding carboxylic acids is 1. The Morgan fingerprint density at radius 3 is 2.72 bits per heavy atom. The topological polar surface area (TPSA) is 65.4 Å². The van der Waals surface area contributed by atoms with Crippen LogP contribution in [0.25, 0.3) is 11.4 Å². The van der Waals surface area contributed by atoms with Crippen molar-refractivity contribution in [3.05, 3.63) is 67.6 Å². The fraction of sp³-hybridized carbons (Fsp3) is 0.407. The van der Waals surface area contributed by atoms with E-state index in [1.807, 2.05) is 18.4 Å². The van der Waals surface area contributed by atoms with Gasteiger partial charge in [0, 0.05) is 41.3 Å². The fourth-order valence-corrected chi connectivity index (χ4v) is 5.58. The number of allylic oxidation sites excluding steroid dienone is 2. The zero-order valence-corrected chi connectivity index (χ0v) is 22.9. The van der Waals surface area contributed by atoms with Crippen molar-refractivity contribution in [2.45, 2.75) is 52.2 Å². The van der Waals surface area contributed by atoms with Crippen molar-refractivity contribution in [3.63, 3.8) is 0 Å². The van der Waals surface area contributed by atoms with E-state index in [1.54, 1.807) is 25.3 Å². The van der Waals surface area contributed by atoms with Crippen LogP contribution in [-0.2, 0) is 17.9 Å². The summed E-state index contributed by atoms with van der Waals surface area (Å²) in [6, 6.07) is 7.07. The van der Waals surface area contributed by atoms with E-state index in [-0.39, 0.29) is 5.91 Å². The molecule has 0 unspecified atom stereocenters. The largest absolute Gasteiger partial charge is 0.486 e. The summed E-state index contributed by atoms with van der Waals surface area (Å²) in [7, 11) is 1.62. The molecule has 0 aliphatic heterocycles. The number of halogens is 2. The summed E-state index contributed by atoms with van der Waals surface area (Å²) < 4.78 is 13.2. The Morgan fingerprint density at radius 2 is 2.00 bits per heavy atom. The number of rotatable bonds is 11. The summed E-state index contributed by atoms with van der Waals surface area (Å²) in [6.45, 7) is 4.05. The van der Waals surface area contributed by atoms with Gasteiger partial charge in [0.15, 0.2) is 0 Å². The Bertz CT molecular complexity index is 1210. The lowest BCUT2D eigenvalue weighted by Gasteiger charge is -2.15. The van der Waals surface area contributed by atoms with Gasteiger partial charge in [-0.05, 0) is 63.3 Å². The van der Waals surface area contributed by atoms with Gasteiger partial charge in [0.05, 0.1) is 23.6 Å². The molecule has 2 heterocycles. The monoisotopic (exact) mass is 547 g/mol. The molecule has 0 saturated heterocycles. The summed E-state index contributed by atoms with van der Waals surface area (Å²) in [5.41, 5.74) is 4.88. The number of hydrogen-bond donors (Lipinski definition) is 1. The molecule has 0 saturated carbocycles. The van der Waals surface area contributed by atoms with Gasteiger partial charge >= 0.3 is 0 Å². The molecule has 1 N–H and O–H groups in total. The first-order valence-corrected chi connectivity index (χ1v) is 13.8. The number of carbonyl (C=O) groups is 1. The van der Waals surface area contributed by atoms with Crippen molar-refractivity contribution in [2.24, 2.45) is 0 Å². The van der Waals surface area contributed by atoms with Crippen LogP contribution in [0, 0.1) is 6.92 Å². The Kier molecular flexibility index (Phi) is 9.48. The van der Waals surface area contributed by atoms with Crippen LogP contribution >= 0.6 is 34.5 Å². The van der Waals surface area contributed by atoms with E-state index in [0.717, 1.165) is 47.9 Å². The van der Waals surface area contributed by atoms with Gasteiger partial charge in [-0.25, -0.2) is 4.98 Å². The maximum Gasteiger partial charge on any atom is 0.253 e. The maximum absolute atomic E-state index is 12.9. The number of hydrogen-bond acceptors (Lipinski definition) is 5. The van der Waals surface area contributed by atoms with E-state index in [1.165, 1.54) is 29.8 Å². The molecule has 6 nitrogen and oxygen atoms in total. The van der Waals surface area contributed by atoms with Gasteiger partial charge in [0.25, 0.3) is 5.91 Å². The number of aromatic nitrogens is 2. The van der Waals surface area contributed by atoms with Crippen LogP contribution in [0.4, 0.5) is 0 Å². The van der Waals surface area contributed by atoms with Crippen molar-refractivity contribution < 1.29 is 14.3 Å². The molecule has 3 aromatic rings. The SMILES string of the molecule is COCCNC(=O)c1cc(-c2csc(COc3cc(Cl)cc(Cl)c3)n2)n(CCC2=CCCCC2)c1C. The summed E-state index contributed by atoms with van der Waals surface area (Å²) in [5.74, 6) is 0.497. The van der Waals surface area contributed by atoms with Gasteiger partial charge in [-0.15, -0.1) is 11.3 Å². The zero-order chi connectivity index (χ0) is 25.5. The Balaban J connectivity index is 1.55. The van der Waals surface area contributed by atoms with E-state index in [0.29, 0.717) is 41.1 Å². The molecule has 4 rings (SSSR count). The van der Waals surface area contributed by atoms with Crippen molar-refractivity contribution >= 4 is 40.4 Å². The number of thiazole rings is 1. The van der Waals surface area contributed by atoms with Crippen molar-refractivity contribution in [2.75, 3.05) is 20.3 Å². The summed E-state index contributed by atoms with van der Waals surface area (Å²) >= 11 is 13.7. The maximum atomic E-state index is 12.9. The van der Waals surface area contributed by atoms with Crippen LogP contribution in [-0.4, -0.2) is 35.7 Å². The smallest absolute Gasteiger partial charge is 0.253 e. The molecule has 1 aliphatic carbocycles. The first kappa shape index (κ1) is 26.7. The summed E-state index contributed by atoms with van der Waals surface area (Å²) in [5, 5.41) is 6.83. The zero-order valence-electron chi connectivity index (χ0n) is 20.6. The first-order valence-electron chi connectivity index (χ1n) is 12.1. The predicted octanol–water partition coefficient (Wildman–Crippen LogP) is 7.07. The third kappa shape index (κ3) is 6.91. The third-order valence-electron chi connectivity index (χ3n) is 6.26. The molecule has 192 valence electrons. The van der Waals surface area contributed by atoms with Crippen LogP contribution in [0.15, 0.2) is 41.3 Å². The number of methoxy groups -OCH3 is 1. The van der Waals surface area contributed by atoms with E-state index >= 15 is 0 Å². The van der Waals surface area contributed by atoms with Gasteiger partial charge in [-0.1, -0.05) is 34.9 Å². The molecule has 0 radical (unpaired) electrons. The van der Waals surface area contributed by atoms with Crippen LogP contribution in [0.3, 0.4) is 0 Å². The second-order valence-electron chi connectivity index (χ2n) is 8.81. The minimum absolute atomic E-state index is 0.0990. The molecule has 36 heavy (non-hydrogen) atoms. The van der Waals surface area contributed by atoms with Gasteiger partial charge < -0.3 is 19.4 Å². The molecular formula is C27H31Cl2N3O3S. The van der Waals surface area contributed by atoms with Crippen molar-refractivity contribution in [3.8, 4) is 17.1 Å². The molecule has 0 atom stereocenters. The second-order valence-corrected chi connectivity index (χ2v) is 10.6. The quantitative estimate of drug-likeness (QED) is 0.206. The van der Waals surface area contributed by atoms with Gasteiger partial charge in [-0.3, -0.25) is 4.79 Å². The lowest BCUT2D eigenvalue weighted by Crippen LogP contribution is -2.27. The fourth-order valence-electron chi connectivity index (χ4n) is 4.38. The lowest BCUT2D eigenvalue weighted by atomic mass is 9.97. The Morgan fingerprint density at radius 1 is 1.19 bits per heavy atom. The average Bonchev–Trinajstić information content (AvgIpc) is 3.46. The first-order chi connectivity index (χ1) is 17.4. The summed E-state index contributed by atoms with van der Waals surface area (Å²) in [4.78, 5) is 17.7. The molecule has 1 amide bonds. The highest BCUT2D eigenvalue weighted by molar-refractivity contribution is 7.09. The molecule has 0 spiro atoms. The van der Waals surface area contributed by atoms with E-state index < -0.39 is 0 Å². The molecule has 0 fully saturated rings. The Labute approximate surface area is 226 Å². The normalized spacial score (nSPS) is 13.5. The van der Waals surface area contributed by atoms with E-state index in [4.69, 9.17) is 37.7 Å². The minimum atomic E-state index is -0.0990. The molecule has 1 aromatic carbocycles. The third-order valence-corrected chi connectivity index (χ3v) is 7.52. The van der Waals surface area contributed by atoms with Gasteiger partial charge in [-0.2, -0.15) is 0 Å². The highest BCUT2D eigenvalue weighted by Crippen LogP contribution is 2.30. The molecule has 2 aromatic heterocycles. The van der Waals surface area contributed by atoms with Crippen LogP contribution in [0.1, 0.15) is 53.2 Å². The number of benzene rings is 1. The van der Waals surface area contributed by atoms with E-state index in [2.05, 4.69) is 16.0 Å². The summed E-state index contributed by atoms with van der Waals surface area (Å²) in [6.07, 6.45) is 8.20.